The lowest BCUT2D eigenvalue weighted by atomic mass is 10.1. The van der Waals surface area contributed by atoms with E-state index in [-0.39, 0.29) is 0 Å². The van der Waals surface area contributed by atoms with Crippen molar-refractivity contribution in [3.8, 4) is 0 Å². The molecular formula is C11H16N2O4. The fourth-order valence-electron chi connectivity index (χ4n) is 1.40. The second-order valence-electron chi connectivity index (χ2n) is 3.58. The summed E-state index contributed by atoms with van der Waals surface area (Å²) < 4.78 is 4.84. The van der Waals surface area contributed by atoms with Crippen LogP contribution in [0.3, 0.4) is 0 Å². The van der Waals surface area contributed by atoms with Crippen molar-refractivity contribution in [2.45, 2.75) is 18.9 Å². The summed E-state index contributed by atoms with van der Waals surface area (Å²) in [5.41, 5.74) is 0.350. The van der Waals surface area contributed by atoms with Crippen molar-refractivity contribution in [3.63, 3.8) is 0 Å². The number of carbonyl (C=O) groups is 2. The molecule has 1 aromatic heterocycles. The molecule has 3 N–H and O–H groups in total. The van der Waals surface area contributed by atoms with Crippen LogP contribution in [-0.2, 0) is 9.53 Å². The maximum atomic E-state index is 11.6. The fourth-order valence-corrected chi connectivity index (χ4v) is 1.40. The fraction of sp³-hybridized carbons (Fsp3) is 0.455. The van der Waals surface area contributed by atoms with E-state index in [9.17, 15) is 9.59 Å². The van der Waals surface area contributed by atoms with E-state index in [1.54, 1.807) is 25.4 Å². The van der Waals surface area contributed by atoms with Crippen LogP contribution in [0.4, 0.5) is 0 Å². The van der Waals surface area contributed by atoms with Crippen molar-refractivity contribution in [1.29, 1.82) is 0 Å². The first-order valence-corrected chi connectivity index (χ1v) is 5.31. The molecule has 1 aromatic rings. The predicted octanol–water partition coefficient (Wildman–Crippen LogP) is 0.624. The molecule has 1 atom stereocenters. The van der Waals surface area contributed by atoms with Crippen LogP contribution in [0.25, 0.3) is 0 Å². The lowest BCUT2D eigenvalue weighted by Gasteiger charge is -2.13. The van der Waals surface area contributed by atoms with E-state index in [4.69, 9.17) is 9.84 Å². The van der Waals surface area contributed by atoms with Crippen LogP contribution in [0.2, 0.25) is 0 Å². The summed E-state index contributed by atoms with van der Waals surface area (Å²) >= 11 is 0. The van der Waals surface area contributed by atoms with Crippen molar-refractivity contribution >= 4 is 11.9 Å². The van der Waals surface area contributed by atoms with Gasteiger partial charge in [0, 0.05) is 19.9 Å². The minimum Gasteiger partial charge on any atom is -0.480 e. The first-order valence-electron chi connectivity index (χ1n) is 5.31. The zero-order valence-corrected chi connectivity index (χ0v) is 9.60. The van der Waals surface area contributed by atoms with Gasteiger partial charge in [-0.1, -0.05) is 0 Å². The van der Waals surface area contributed by atoms with Gasteiger partial charge in [0.25, 0.3) is 5.91 Å². The molecule has 17 heavy (non-hydrogen) atoms. The Hall–Kier alpha value is -1.82. The van der Waals surface area contributed by atoms with Gasteiger partial charge in [-0.25, -0.2) is 4.79 Å². The number of hydrogen-bond donors (Lipinski definition) is 3. The molecule has 0 bridgehead atoms. The van der Waals surface area contributed by atoms with Gasteiger partial charge in [-0.3, -0.25) is 4.79 Å². The van der Waals surface area contributed by atoms with Crippen molar-refractivity contribution in [3.05, 3.63) is 24.0 Å². The molecule has 0 aliphatic heterocycles. The smallest absolute Gasteiger partial charge is 0.326 e. The van der Waals surface area contributed by atoms with Gasteiger partial charge in [0.1, 0.15) is 11.7 Å². The van der Waals surface area contributed by atoms with Crippen molar-refractivity contribution in [2.75, 3.05) is 13.7 Å². The summed E-state index contributed by atoms with van der Waals surface area (Å²) in [5.74, 6) is -1.46. The van der Waals surface area contributed by atoms with Gasteiger partial charge < -0.3 is 20.1 Å². The zero-order valence-electron chi connectivity index (χ0n) is 9.60. The molecule has 0 aromatic carbocycles. The van der Waals surface area contributed by atoms with Gasteiger partial charge in [-0.15, -0.1) is 0 Å². The standard InChI is InChI=1S/C11H16N2O4/c1-17-7-3-5-9(11(15)16)13-10(14)8-4-2-6-12-8/h2,4,6,9,12H,3,5,7H2,1H3,(H,13,14)(H,15,16). The molecule has 6 nitrogen and oxygen atoms in total. The van der Waals surface area contributed by atoms with Crippen LogP contribution in [0.1, 0.15) is 23.3 Å². The van der Waals surface area contributed by atoms with E-state index >= 15 is 0 Å². The second kappa shape index (κ2) is 6.70. The van der Waals surface area contributed by atoms with Gasteiger partial charge in [0.15, 0.2) is 0 Å². The zero-order chi connectivity index (χ0) is 12.7. The molecule has 1 rings (SSSR count). The van der Waals surface area contributed by atoms with Crippen molar-refractivity contribution in [1.82, 2.24) is 10.3 Å². The summed E-state index contributed by atoms with van der Waals surface area (Å²) in [6, 6.07) is 2.37. The first kappa shape index (κ1) is 13.2. The topological polar surface area (TPSA) is 91.4 Å². The molecule has 1 heterocycles. The highest BCUT2D eigenvalue weighted by atomic mass is 16.5. The molecule has 1 amide bonds. The molecule has 0 fully saturated rings. The number of carbonyl (C=O) groups excluding carboxylic acids is 1. The summed E-state index contributed by atoms with van der Waals surface area (Å²) in [4.78, 5) is 25.3. The van der Waals surface area contributed by atoms with Crippen LogP contribution in [-0.4, -0.2) is 41.7 Å². The monoisotopic (exact) mass is 240 g/mol. The Bertz CT molecular complexity index is 362. The minimum atomic E-state index is -1.04. The van der Waals surface area contributed by atoms with Gasteiger partial charge >= 0.3 is 5.97 Å². The number of hydrogen-bond acceptors (Lipinski definition) is 3. The molecule has 6 heteroatoms. The Morgan fingerprint density at radius 3 is 2.88 bits per heavy atom. The van der Waals surface area contributed by atoms with Crippen LogP contribution in [0.15, 0.2) is 18.3 Å². The number of nitrogens with one attached hydrogen (secondary N) is 2. The lowest BCUT2D eigenvalue weighted by molar-refractivity contribution is -0.139. The van der Waals surface area contributed by atoms with E-state index in [1.165, 1.54) is 0 Å². The number of carboxylic acid groups (broad SMARTS) is 1. The Morgan fingerprint density at radius 1 is 1.59 bits per heavy atom. The third kappa shape index (κ3) is 4.28. The molecular weight excluding hydrogens is 224 g/mol. The molecule has 0 aliphatic rings. The molecule has 0 radical (unpaired) electrons. The Balaban J connectivity index is 2.49. The third-order valence-electron chi connectivity index (χ3n) is 2.29. The van der Waals surface area contributed by atoms with E-state index in [2.05, 4.69) is 10.3 Å². The SMILES string of the molecule is COCCCC(NC(=O)c1ccc[nH]1)C(=O)O. The maximum Gasteiger partial charge on any atom is 0.326 e. The average Bonchev–Trinajstić information content (AvgIpc) is 2.81. The molecule has 94 valence electrons. The van der Waals surface area contributed by atoms with E-state index in [1.807, 2.05) is 0 Å². The number of rotatable bonds is 7. The number of H-pyrrole nitrogens is 1. The first-order chi connectivity index (χ1) is 8.15. The number of aromatic nitrogens is 1. The van der Waals surface area contributed by atoms with Gasteiger partial charge in [0.2, 0.25) is 0 Å². The summed E-state index contributed by atoms with van der Waals surface area (Å²) in [6.45, 7) is 0.474. The number of amides is 1. The van der Waals surface area contributed by atoms with Crippen LogP contribution < -0.4 is 5.32 Å². The van der Waals surface area contributed by atoms with Crippen molar-refractivity contribution in [2.24, 2.45) is 0 Å². The highest BCUT2D eigenvalue weighted by Gasteiger charge is 2.20. The lowest BCUT2D eigenvalue weighted by Crippen LogP contribution is -2.41. The largest absolute Gasteiger partial charge is 0.480 e. The maximum absolute atomic E-state index is 11.6. The average molecular weight is 240 g/mol. The van der Waals surface area contributed by atoms with E-state index in [0.29, 0.717) is 25.1 Å². The number of ether oxygens (including phenoxy) is 1. The van der Waals surface area contributed by atoms with E-state index in [0.717, 1.165) is 0 Å². The molecule has 0 spiro atoms. The third-order valence-corrected chi connectivity index (χ3v) is 2.29. The van der Waals surface area contributed by atoms with Crippen LogP contribution in [0, 0.1) is 0 Å². The second-order valence-corrected chi connectivity index (χ2v) is 3.58. The van der Waals surface area contributed by atoms with Gasteiger partial charge in [-0.05, 0) is 25.0 Å². The normalized spacial score (nSPS) is 12.1. The number of aliphatic carboxylic acids is 1. The molecule has 0 saturated heterocycles. The summed E-state index contributed by atoms with van der Waals surface area (Å²) in [5, 5.41) is 11.4. The molecule has 0 saturated carbocycles. The number of methoxy groups -OCH3 is 1. The van der Waals surface area contributed by atoms with Crippen molar-refractivity contribution < 1.29 is 19.4 Å². The summed E-state index contributed by atoms with van der Waals surface area (Å²) in [7, 11) is 1.55. The molecule has 0 aliphatic carbocycles. The quantitative estimate of drug-likeness (QED) is 0.609. The van der Waals surface area contributed by atoms with Crippen LogP contribution >= 0.6 is 0 Å². The molecule has 1 unspecified atom stereocenters. The highest BCUT2D eigenvalue weighted by molar-refractivity contribution is 5.94. The number of aromatic amines is 1. The highest BCUT2D eigenvalue weighted by Crippen LogP contribution is 2.01. The van der Waals surface area contributed by atoms with Gasteiger partial charge in [-0.2, -0.15) is 0 Å². The summed E-state index contributed by atoms with van der Waals surface area (Å²) in [6.07, 6.45) is 2.53. The number of carboxylic acids is 1. The Labute approximate surface area is 99.0 Å². The predicted molar refractivity (Wildman–Crippen MR) is 60.8 cm³/mol. The van der Waals surface area contributed by atoms with E-state index < -0.39 is 17.9 Å². The van der Waals surface area contributed by atoms with Gasteiger partial charge in [0.05, 0.1) is 0 Å². The Morgan fingerprint density at radius 2 is 2.35 bits per heavy atom. The minimum absolute atomic E-state index is 0.343. The Kier molecular flexibility index (Phi) is 5.22. The van der Waals surface area contributed by atoms with Crippen LogP contribution in [0.5, 0.6) is 0 Å².